The van der Waals surface area contributed by atoms with E-state index in [-0.39, 0.29) is 36.6 Å². The number of carbonyl (C=O) groups excluding carboxylic acids is 1. The molecule has 15 heavy (non-hydrogen) atoms. The second-order valence-corrected chi connectivity index (χ2v) is 5.26. The molecule has 0 bridgehead atoms. The van der Waals surface area contributed by atoms with Crippen LogP contribution in [0, 0.1) is 0 Å². The molecule has 0 radical (unpaired) electrons. The minimum atomic E-state index is -4.54. The van der Waals surface area contributed by atoms with Crippen molar-refractivity contribution in [3.63, 3.8) is 0 Å². The van der Waals surface area contributed by atoms with Gasteiger partial charge in [0, 0.05) is 5.57 Å². The van der Waals surface area contributed by atoms with Gasteiger partial charge in [-0.05, 0) is 27.7 Å². The Morgan fingerprint density at radius 1 is 1.40 bits per heavy atom. The van der Waals surface area contributed by atoms with E-state index >= 15 is 0 Å². The van der Waals surface area contributed by atoms with Gasteiger partial charge in [0.2, 0.25) is 0 Å². The summed E-state index contributed by atoms with van der Waals surface area (Å²) < 4.78 is 31.2. The van der Waals surface area contributed by atoms with E-state index in [4.69, 9.17) is 4.55 Å². The summed E-state index contributed by atoms with van der Waals surface area (Å²) in [6.45, 7) is 9.22. The van der Waals surface area contributed by atoms with Crippen molar-refractivity contribution in [2.75, 3.05) is 0 Å². The molecule has 7 heteroatoms. The normalized spacial score (nSPS) is 11.5. The van der Waals surface area contributed by atoms with E-state index < -0.39 is 21.8 Å². The van der Waals surface area contributed by atoms with Gasteiger partial charge in [-0.15, -0.1) is 0 Å². The average Bonchev–Trinajstić information content (AvgIpc) is 1.79. The van der Waals surface area contributed by atoms with Gasteiger partial charge in [-0.25, -0.2) is 4.31 Å². The Morgan fingerprint density at radius 3 is 1.80 bits per heavy atom. The number of nitrogens with zero attached hydrogens (tertiary/aromatic N) is 1. The van der Waals surface area contributed by atoms with Gasteiger partial charge in [0.15, 0.2) is 0 Å². The topological polar surface area (TPSA) is 74.7 Å². The monoisotopic (exact) mass is 245 g/mol. The number of hydrogen-bond acceptors (Lipinski definition) is 3. The van der Waals surface area contributed by atoms with Crippen LogP contribution in [0.5, 0.6) is 0 Å². The Morgan fingerprint density at radius 2 is 1.73 bits per heavy atom. The fraction of sp³-hybridized carbons (Fsp3) is 0.625. The molecule has 0 aliphatic carbocycles. The second-order valence-electron chi connectivity index (χ2n) is 4.00. The van der Waals surface area contributed by atoms with E-state index in [2.05, 4.69) is 6.58 Å². The Hall–Kier alpha value is 0.120. The third kappa shape index (κ3) is 5.12. The minimum Gasteiger partial charge on any atom is -1.00 e. The smallest absolute Gasteiger partial charge is 1.00 e. The zero-order valence-corrected chi connectivity index (χ0v) is 12.6. The van der Waals surface area contributed by atoms with Crippen LogP contribution in [0.4, 0.5) is 0 Å². The zero-order valence-electron chi connectivity index (χ0n) is 10.7. The molecule has 0 spiro atoms. The van der Waals surface area contributed by atoms with Crippen LogP contribution < -0.4 is 29.6 Å². The molecule has 0 aromatic heterocycles. The predicted molar refractivity (Wildman–Crippen MR) is 54.1 cm³/mol. The molecule has 84 valence electrons. The van der Waals surface area contributed by atoms with E-state index in [0.29, 0.717) is 4.31 Å². The number of rotatable bonds is 2. The summed E-state index contributed by atoms with van der Waals surface area (Å²) in [7, 11) is -4.54. The summed E-state index contributed by atoms with van der Waals surface area (Å²) in [6, 6.07) is 0. The Labute approximate surface area is 114 Å². The van der Waals surface area contributed by atoms with Crippen molar-refractivity contribution in [2.24, 2.45) is 0 Å². The first kappa shape index (κ1) is 17.5. The van der Waals surface area contributed by atoms with E-state index in [1.807, 2.05) is 0 Å². The molecule has 0 aliphatic rings. The van der Waals surface area contributed by atoms with Gasteiger partial charge in [-0.3, -0.25) is 9.35 Å². The van der Waals surface area contributed by atoms with Gasteiger partial charge in [-0.1, -0.05) is 6.58 Å². The third-order valence-electron chi connectivity index (χ3n) is 1.39. The SMILES string of the molecule is C=C(C)C(=O)N(C(C)(C)C)S(=O)(=O)O.[H-].[Na+]. The molecule has 5 nitrogen and oxygen atoms in total. The van der Waals surface area contributed by atoms with Crippen LogP contribution in [0.2, 0.25) is 0 Å². The fourth-order valence-corrected chi connectivity index (χ4v) is 1.99. The van der Waals surface area contributed by atoms with Gasteiger partial charge in [0.25, 0.3) is 5.91 Å². The minimum absolute atomic E-state index is 0. The number of amides is 1. The molecule has 1 N–H and O–H groups in total. The van der Waals surface area contributed by atoms with Crippen LogP contribution in [-0.2, 0) is 15.1 Å². The maximum absolute atomic E-state index is 11.4. The van der Waals surface area contributed by atoms with Crippen molar-refractivity contribution in [1.82, 2.24) is 4.31 Å². The largest absolute Gasteiger partial charge is 1.00 e. The summed E-state index contributed by atoms with van der Waals surface area (Å²) in [5.41, 5.74) is -0.957. The maximum Gasteiger partial charge on any atom is 1.00 e. The summed E-state index contributed by atoms with van der Waals surface area (Å²) in [5.74, 6) is -0.806. The van der Waals surface area contributed by atoms with Crippen LogP contribution in [0.15, 0.2) is 12.2 Å². The molecule has 0 aromatic carbocycles. The van der Waals surface area contributed by atoms with Gasteiger partial charge in [0.05, 0.1) is 5.54 Å². The number of hydrogen-bond donors (Lipinski definition) is 1. The van der Waals surface area contributed by atoms with E-state index in [0.717, 1.165) is 0 Å². The van der Waals surface area contributed by atoms with Crippen LogP contribution >= 0.6 is 0 Å². The predicted octanol–water partition coefficient (Wildman–Crippen LogP) is -1.89. The second kappa shape index (κ2) is 5.45. The Bertz CT molecular complexity index is 361. The average molecular weight is 245 g/mol. The van der Waals surface area contributed by atoms with Crippen molar-refractivity contribution < 1.29 is 48.7 Å². The van der Waals surface area contributed by atoms with Crippen LogP contribution in [0.1, 0.15) is 29.1 Å². The van der Waals surface area contributed by atoms with Crippen LogP contribution in [-0.4, -0.2) is 28.7 Å². The molecule has 0 aromatic rings. The molecule has 1 amide bonds. The van der Waals surface area contributed by atoms with Crippen molar-refractivity contribution in [2.45, 2.75) is 33.2 Å². The molecule has 0 atom stereocenters. The molecule has 0 heterocycles. The summed E-state index contributed by atoms with van der Waals surface area (Å²) >= 11 is 0. The maximum atomic E-state index is 11.4. The molecule has 0 fully saturated rings. The van der Waals surface area contributed by atoms with E-state index in [1.165, 1.54) is 27.7 Å². The molecule has 0 aliphatic heterocycles. The Kier molecular flexibility index (Phi) is 6.36. The van der Waals surface area contributed by atoms with Gasteiger partial charge >= 0.3 is 39.9 Å². The summed E-state index contributed by atoms with van der Waals surface area (Å²) in [6.07, 6.45) is 0. The molecular weight excluding hydrogens is 229 g/mol. The first-order valence-corrected chi connectivity index (χ1v) is 5.35. The summed E-state index contributed by atoms with van der Waals surface area (Å²) in [5, 5.41) is 0. The van der Waals surface area contributed by atoms with E-state index in [1.54, 1.807) is 0 Å². The van der Waals surface area contributed by atoms with Gasteiger partial charge in [-0.2, -0.15) is 8.42 Å². The Balaban J connectivity index is -0.000000845. The van der Waals surface area contributed by atoms with Crippen LogP contribution in [0.3, 0.4) is 0 Å². The van der Waals surface area contributed by atoms with Gasteiger partial charge < -0.3 is 1.43 Å². The van der Waals surface area contributed by atoms with Crippen molar-refractivity contribution in [3.8, 4) is 0 Å². The standard InChI is InChI=1S/C8H15NO4S.Na.H/c1-6(2)7(10)9(8(3,4)5)14(11,12)13;;/h1H2,2-5H3,(H,11,12,13);;/q;+1;-1. The van der Waals surface area contributed by atoms with Gasteiger partial charge in [0.1, 0.15) is 0 Å². The van der Waals surface area contributed by atoms with Crippen molar-refractivity contribution in [3.05, 3.63) is 12.2 Å². The van der Waals surface area contributed by atoms with Crippen LogP contribution in [0.25, 0.3) is 0 Å². The molecule has 0 unspecified atom stereocenters. The fourth-order valence-electron chi connectivity index (χ4n) is 0.929. The molecule has 0 saturated heterocycles. The summed E-state index contributed by atoms with van der Waals surface area (Å²) in [4.78, 5) is 11.4. The van der Waals surface area contributed by atoms with Crippen molar-refractivity contribution in [1.29, 1.82) is 0 Å². The third-order valence-corrected chi connectivity index (χ3v) is 2.56. The van der Waals surface area contributed by atoms with Crippen molar-refractivity contribution >= 4 is 16.2 Å². The molecule has 0 saturated carbocycles. The zero-order chi connectivity index (χ0) is 11.7. The quantitative estimate of drug-likeness (QED) is 0.351. The molecule has 0 rings (SSSR count). The number of carbonyl (C=O) groups is 1. The first-order valence-electron chi connectivity index (χ1n) is 3.95. The molecular formula is C8H16NNaO4S. The first-order chi connectivity index (χ1) is 5.98. The van der Waals surface area contributed by atoms with E-state index in [9.17, 15) is 13.2 Å².